The van der Waals surface area contributed by atoms with Crippen LogP contribution >= 0.6 is 50.7 Å². The van der Waals surface area contributed by atoms with Crippen molar-refractivity contribution in [2.75, 3.05) is 7.11 Å². The number of benzene rings is 3. The zero-order chi connectivity index (χ0) is 25.1. The van der Waals surface area contributed by atoms with Crippen molar-refractivity contribution in [3.8, 4) is 11.5 Å². The average Bonchev–Trinajstić information content (AvgIpc) is 2.83. The Morgan fingerprint density at radius 2 is 1.89 bits per heavy atom. The molecule has 0 fully saturated rings. The van der Waals surface area contributed by atoms with Gasteiger partial charge in [-0.2, -0.15) is 9.78 Å². The van der Waals surface area contributed by atoms with Gasteiger partial charge < -0.3 is 9.47 Å². The van der Waals surface area contributed by atoms with Crippen molar-refractivity contribution >= 4 is 67.9 Å². The van der Waals surface area contributed by atoms with Gasteiger partial charge in [-0.1, -0.05) is 63.7 Å². The fraction of sp³-hybridized carbons (Fsp3) is 0.160. The predicted octanol–water partition coefficient (Wildman–Crippen LogP) is 7.15. The van der Waals surface area contributed by atoms with Gasteiger partial charge in [0, 0.05) is 43.2 Å². The fourth-order valence-electron chi connectivity index (χ4n) is 3.44. The Hall–Kier alpha value is -2.58. The number of hydrogen-bond acceptors (Lipinski definition) is 5. The summed E-state index contributed by atoms with van der Waals surface area (Å²) in [5.74, 6) is 1.33. The third kappa shape index (κ3) is 5.64. The molecule has 0 saturated carbocycles. The molecule has 0 aliphatic rings. The molecule has 0 unspecified atom stereocenters. The molecule has 0 spiro atoms. The normalized spacial score (nSPS) is 11.4. The first-order chi connectivity index (χ1) is 16.8. The summed E-state index contributed by atoms with van der Waals surface area (Å²) < 4.78 is 13.6. The van der Waals surface area contributed by atoms with Gasteiger partial charge in [0.1, 0.15) is 12.4 Å². The number of aromatic nitrogens is 2. The largest absolute Gasteiger partial charge is 0.493 e. The first-order valence-corrected chi connectivity index (χ1v) is 12.4. The number of nitrogens with zero attached hydrogens (tertiary/aromatic N) is 3. The predicted molar refractivity (Wildman–Crippen MR) is 145 cm³/mol. The molecule has 6 nitrogen and oxygen atoms in total. The molecule has 0 radical (unpaired) electrons. The van der Waals surface area contributed by atoms with Gasteiger partial charge in [0.2, 0.25) is 0 Å². The second kappa shape index (κ2) is 11.0. The maximum atomic E-state index is 13.2. The number of halogens is 4. The Morgan fingerprint density at radius 3 is 2.60 bits per heavy atom. The molecule has 4 aromatic rings. The second-order valence-corrected chi connectivity index (χ2v) is 9.65. The maximum Gasteiger partial charge on any atom is 0.282 e. The first-order valence-electron chi connectivity index (χ1n) is 10.5. The molecule has 35 heavy (non-hydrogen) atoms. The van der Waals surface area contributed by atoms with E-state index in [4.69, 9.17) is 44.3 Å². The Labute approximate surface area is 225 Å². The molecule has 0 bridgehead atoms. The summed E-state index contributed by atoms with van der Waals surface area (Å²) in [6.07, 6.45) is 2.01. The van der Waals surface area contributed by atoms with Crippen molar-refractivity contribution in [3.63, 3.8) is 0 Å². The smallest absolute Gasteiger partial charge is 0.282 e. The number of ether oxygens (including phenoxy) is 2. The van der Waals surface area contributed by atoms with Crippen molar-refractivity contribution in [1.29, 1.82) is 0 Å². The van der Waals surface area contributed by atoms with Gasteiger partial charge in [-0.25, -0.2) is 4.98 Å². The highest BCUT2D eigenvalue weighted by Crippen LogP contribution is 2.35. The summed E-state index contributed by atoms with van der Waals surface area (Å²) in [6.45, 7) is 2.06. The summed E-state index contributed by atoms with van der Waals surface area (Å²) in [7, 11) is 1.51. The van der Waals surface area contributed by atoms with Crippen LogP contribution in [0.3, 0.4) is 0 Å². The number of hydrogen-bond donors (Lipinski definition) is 0. The van der Waals surface area contributed by atoms with Crippen LogP contribution in [0.15, 0.2) is 62.9 Å². The standard InChI is InChI=1S/C25H19BrCl3N3O3/c1-3-23-31-21-7-5-16(26)9-19(21)25(33)32(23)30-12-15-8-18(28)11-22(34-2)24(15)35-13-14-4-6-17(27)10-20(14)29/h4-12H,3,13H2,1-2H3. The van der Waals surface area contributed by atoms with Crippen molar-refractivity contribution in [2.24, 2.45) is 5.10 Å². The van der Waals surface area contributed by atoms with Crippen LogP contribution in [-0.2, 0) is 13.0 Å². The van der Waals surface area contributed by atoms with Crippen molar-refractivity contribution in [2.45, 2.75) is 20.0 Å². The van der Waals surface area contributed by atoms with Gasteiger partial charge in [-0.15, -0.1) is 0 Å². The topological polar surface area (TPSA) is 65.7 Å². The molecule has 0 N–H and O–H groups in total. The van der Waals surface area contributed by atoms with Gasteiger partial charge in [0.15, 0.2) is 11.5 Å². The Kier molecular flexibility index (Phi) is 8.02. The summed E-state index contributed by atoms with van der Waals surface area (Å²) in [5, 5.41) is 6.33. The highest BCUT2D eigenvalue weighted by Gasteiger charge is 2.15. The minimum Gasteiger partial charge on any atom is -0.493 e. The van der Waals surface area contributed by atoms with Crippen molar-refractivity contribution in [1.82, 2.24) is 9.66 Å². The Morgan fingerprint density at radius 1 is 1.09 bits per heavy atom. The van der Waals surface area contributed by atoms with Gasteiger partial charge in [-0.3, -0.25) is 4.79 Å². The number of fused-ring (bicyclic) bond motifs is 1. The monoisotopic (exact) mass is 593 g/mol. The molecule has 0 atom stereocenters. The van der Waals surface area contributed by atoms with Crippen LogP contribution in [0.25, 0.3) is 10.9 Å². The average molecular weight is 596 g/mol. The molecule has 0 aliphatic carbocycles. The molecule has 4 rings (SSSR count). The van der Waals surface area contributed by atoms with Gasteiger partial charge in [-0.05, 0) is 36.4 Å². The molecular formula is C25H19BrCl3N3O3. The summed E-state index contributed by atoms with van der Waals surface area (Å²) in [4.78, 5) is 17.8. The summed E-state index contributed by atoms with van der Waals surface area (Å²) in [6, 6.07) is 13.8. The SMILES string of the molecule is CCc1nc2ccc(Br)cc2c(=O)n1N=Cc1cc(Cl)cc(OC)c1OCc1ccc(Cl)cc1Cl. The number of aryl methyl sites for hydroxylation is 1. The van der Waals surface area contributed by atoms with Crippen LogP contribution in [0, 0.1) is 0 Å². The molecule has 10 heteroatoms. The fourth-order valence-corrected chi connectivity index (χ4v) is 4.48. The van der Waals surface area contributed by atoms with E-state index in [9.17, 15) is 4.79 Å². The summed E-state index contributed by atoms with van der Waals surface area (Å²) in [5.41, 5.74) is 1.58. The van der Waals surface area contributed by atoms with Crippen LogP contribution < -0.4 is 15.0 Å². The third-order valence-electron chi connectivity index (χ3n) is 5.16. The lowest BCUT2D eigenvalue weighted by Gasteiger charge is -2.15. The van der Waals surface area contributed by atoms with E-state index in [1.807, 2.05) is 13.0 Å². The quantitative estimate of drug-likeness (QED) is 0.213. The molecule has 0 saturated heterocycles. The zero-order valence-corrected chi connectivity index (χ0v) is 22.5. The lowest BCUT2D eigenvalue weighted by Crippen LogP contribution is -2.22. The molecule has 1 aromatic heterocycles. The summed E-state index contributed by atoms with van der Waals surface area (Å²) >= 11 is 22.0. The van der Waals surface area contributed by atoms with E-state index in [1.165, 1.54) is 18.0 Å². The van der Waals surface area contributed by atoms with E-state index in [-0.39, 0.29) is 12.2 Å². The zero-order valence-electron chi connectivity index (χ0n) is 18.7. The molecule has 0 aliphatic heterocycles. The van der Waals surface area contributed by atoms with Crippen molar-refractivity contribution in [3.05, 3.63) is 95.4 Å². The van der Waals surface area contributed by atoms with Crippen LogP contribution in [0.1, 0.15) is 23.9 Å². The minimum atomic E-state index is -0.284. The maximum absolute atomic E-state index is 13.2. The van der Waals surface area contributed by atoms with Crippen molar-refractivity contribution < 1.29 is 9.47 Å². The van der Waals surface area contributed by atoms with E-state index in [1.54, 1.807) is 42.5 Å². The molecule has 180 valence electrons. The van der Waals surface area contributed by atoms with Crippen LogP contribution in [0.4, 0.5) is 0 Å². The lowest BCUT2D eigenvalue weighted by molar-refractivity contribution is 0.284. The molecule has 1 heterocycles. The lowest BCUT2D eigenvalue weighted by atomic mass is 10.2. The van der Waals surface area contributed by atoms with E-state index >= 15 is 0 Å². The second-order valence-electron chi connectivity index (χ2n) is 7.46. The number of rotatable bonds is 7. The van der Waals surface area contributed by atoms with Crippen LogP contribution in [-0.4, -0.2) is 23.0 Å². The molecule has 0 amide bonds. The Balaban J connectivity index is 1.77. The third-order valence-corrected chi connectivity index (χ3v) is 6.46. The molecular weight excluding hydrogens is 577 g/mol. The number of methoxy groups -OCH3 is 1. The minimum absolute atomic E-state index is 0.153. The van der Waals surface area contributed by atoms with Crippen LogP contribution in [0.2, 0.25) is 15.1 Å². The van der Waals surface area contributed by atoms with E-state index in [0.29, 0.717) is 55.3 Å². The van der Waals surface area contributed by atoms with Gasteiger partial charge in [0.05, 0.1) is 24.2 Å². The van der Waals surface area contributed by atoms with E-state index in [0.717, 1.165) is 10.0 Å². The van der Waals surface area contributed by atoms with Gasteiger partial charge in [0.25, 0.3) is 5.56 Å². The van der Waals surface area contributed by atoms with Crippen LogP contribution in [0.5, 0.6) is 11.5 Å². The highest BCUT2D eigenvalue weighted by molar-refractivity contribution is 9.10. The van der Waals surface area contributed by atoms with Gasteiger partial charge >= 0.3 is 0 Å². The highest BCUT2D eigenvalue weighted by atomic mass is 79.9. The van der Waals surface area contributed by atoms with E-state index < -0.39 is 0 Å². The Bertz CT molecular complexity index is 1510. The van der Waals surface area contributed by atoms with E-state index in [2.05, 4.69) is 26.0 Å². The first kappa shape index (κ1) is 25.5. The molecule has 3 aromatic carbocycles.